The van der Waals surface area contributed by atoms with E-state index >= 15 is 0 Å². The van der Waals surface area contributed by atoms with Crippen LogP contribution in [0.15, 0.2) is 59.4 Å². The Morgan fingerprint density at radius 1 is 1.04 bits per heavy atom. The second kappa shape index (κ2) is 7.41. The lowest BCUT2D eigenvalue weighted by Gasteiger charge is -2.06. The molecule has 0 aliphatic carbocycles. The Morgan fingerprint density at radius 2 is 1.79 bits per heavy atom. The zero-order valence-corrected chi connectivity index (χ0v) is 13.3. The second-order valence-electron chi connectivity index (χ2n) is 5.24. The highest BCUT2D eigenvalue weighted by Gasteiger charge is 2.06. The van der Waals surface area contributed by atoms with Gasteiger partial charge in [-0.2, -0.15) is 0 Å². The molecule has 0 saturated carbocycles. The summed E-state index contributed by atoms with van der Waals surface area (Å²) in [5.41, 5.74) is 1.97. The zero-order chi connectivity index (χ0) is 16.8. The van der Waals surface area contributed by atoms with Gasteiger partial charge in [0, 0.05) is 12.1 Å². The number of ether oxygens (including phenoxy) is 1. The van der Waals surface area contributed by atoms with E-state index in [2.05, 4.69) is 20.5 Å². The second-order valence-corrected chi connectivity index (χ2v) is 5.24. The number of nitrogens with zero attached hydrogens (tertiary/aromatic N) is 2. The van der Waals surface area contributed by atoms with Crippen molar-refractivity contribution in [2.24, 2.45) is 0 Å². The van der Waals surface area contributed by atoms with Crippen molar-refractivity contribution in [2.75, 3.05) is 19.0 Å². The van der Waals surface area contributed by atoms with Crippen molar-refractivity contribution in [3.8, 4) is 17.0 Å². The van der Waals surface area contributed by atoms with E-state index in [0.717, 1.165) is 17.7 Å². The number of H-pyrrole nitrogens is 1. The van der Waals surface area contributed by atoms with Gasteiger partial charge in [-0.15, -0.1) is 10.2 Å². The van der Waals surface area contributed by atoms with Crippen LogP contribution in [0.1, 0.15) is 5.56 Å². The lowest BCUT2D eigenvalue weighted by Crippen LogP contribution is -2.18. The number of hydrogen-bond acceptors (Lipinski definition) is 5. The van der Waals surface area contributed by atoms with Gasteiger partial charge in [-0.05, 0) is 24.1 Å². The Labute approximate surface area is 139 Å². The molecular weight excluding hydrogens is 304 g/mol. The van der Waals surface area contributed by atoms with Crippen molar-refractivity contribution in [3.05, 3.63) is 70.5 Å². The number of nitrogens with one attached hydrogen (secondary N) is 2. The summed E-state index contributed by atoms with van der Waals surface area (Å²) in [5.74, 6) is 1.20. The first-order valence-corrected chi connectivity index (χ1v) is 7.65. The van der Waals surface area contributed by atoms with E-state index in [1.54, 1.807) is 7.11 Å². The number of aromatic amines is 1. The van der Waals surface area contributed by atoms with E-state index in [-0.39, 0.29) is 5.56 Å². The molecule has 3 rings (SSSR count). The number of benzene rings is 2. The summed E-state index contributed by atoms with van der Waals surface area (Å²) >= 11 is 0. The molecule has 0 fully saturated rings. The standard InChI is InChI=1S/C18H18N4O2/c1-24-15-9-7-13(8-10-15)11-12-19-18-20-17(23)16(21-22-18)14-5-3-2-4-6-14/h2-10H,11-12H2,1H3,(H2,19,20,22,23). The van der Waals surface area contributed by atoms with E-state index in [0.29, 0.717) is 18.2 Å². The zero-order valence-electron chi connectivity index (χ0n) is 13.3. The lowest BCUT2D eigenvalue weighted by molar-refractivity contribution is 0.414. The first kappa shape index (κ1) is 15.7. The Morgan fingerprint density at radius 3 is 2.46 bits per heavy atom. The predicted molar refractivity (Wildman–Crippen MR) is 93.3 cm³/mol. The molecule has 2 aromatic carbocycles. The molecule has 24 heavy (non-hydrogen) atoms. The number of hydrogen-bond donors (Lipinski definition) is 2. The summed E-state index contributed by atoms with van der Waals surface area (Å²) in [6.45, 7) is 0.641. The molecule has 0 saturated heterocycles. The number of rotatable bonds is 6. The average molecular weight is 322 g/mol. The molecule has 0 aliphatic rings. The monoisotopic (exact) mass is 322 g/mol. The molecule has 0 spiro atoms. The Balaban J connectivity index is 1.61. The van der Waals surface area contributed by atoms with Crippen molar-refractivity contribution >= 4 is 5.95 Å². The molecule has 6 heteroatoms. The summed E-state index contributed by atoms with van der Waals surface area (Å²) in [4.78, 5) is 14.9. The molecule has 0 atom stereocenters. The van der Waals surface area contributed by atoms with Gasteiger partial charge < -0.3 is 10.1 Å². The van der Waals surface area contributed by atoms with E-state index in [1.807, 2.05) is 54.6 Å². The quantitative estimate of drug-likeness (QED) is 0.729. The average Bonchev–Trinajstić information content (AvgIpc) is 2.63. The molecule has 122 valence electrons. The van der Waals surface area contributed by atoms with Crippen molar-refractivity contribution in [2.45, 2.75) is 6.42 Å². The third-order valence-corrected chi connectivity index (χ3v) is 3.61. The molecule has 0 aliphatic heterocycles. The summed E-state index contributed by atoms with van der Waals surface area (Å²) in [6, 6.07) is 17.1. The summed E-state index contributed by atoms with van der Waals surface area (Å²) in [7, 11) is 1.64. The van der Waals surface area contributed by atoms with Gasteiger partial charge in [-0.25, -0.2) is 0 Å². The highest BCUT2D eigenvalue weighted by molar-refractivity contribution is 5.57. The Hall–Kier alpha value is -3.15. The minimum atomic E-state index is -0.261. The summed E-state index contributed by atoms with van der Waals surface area (Å²) in [5, 5.41) is 11.1. The fourth-order valence-electron chi connectivity index (χ4n) is 2.32. The molecule has 1 heterocycles. The van der Waals surface area contributed by atoms with Crippen LogP contribution in [0.2, 0.25) is 0 Å². The number of anilines is 1. The van der Waals surface area contributed by atoms with Crippen LogP contribution in [-0.2, 0) is 6.42 Å². The molecule has 1 aromatic heterocycles. The largest absolute Gasteiger partial charge is 0.497 e. The molecule has 2 N–H and O–H groups in total. The maximum absolute atomic E-state index is 12.1. The first-order chi connectivity index (χ1) is 11.8. The van der Waals surface area contributed by atoms with E-state index in [4.69, 9.17) is 4.74 Å². The Kier molecular flexibility index (Phi) is 4.86. The molecule has 0 radical (unpaired) electrons. The predicted octanol–water partition coefficient (Wildman–Crippen LogP) is 2.50. The molecular formula is C18H18N4O2. The van der Waals surface area contributed by atoms with Gasteiger partial charge in [0.25, 0.3) is 5.56 Å². The lowest BCUT2D eigenvalue weighted by atomic mass is 10.1. The van der Waals surface area contributed by atoms with Gasteiger partial charge >= 0.3 is 0 Å². The molecule has 3 aromatic rings. The molecule has 6 nitrogen and oxygen atoms in total. The van der Waals surface area contributed by atoms with Crippen LogP contribution in [0.4, 0.5) is 5.95 Å². The summed E-state index contributed by atoms with van der Waals surface area (Å²) in [6.07, 6.45) is 0.800. The topological polar surface area (TPSA) is 79.9 Å². The van der Waals surface area contributed by atoms with Gasteiger partial charge in [0.15, 0.2) is 5.69 Å². The van der Waals surface area contributed by atoms with Gasteiger partial charge in [-0.1, -0.05) is 42.5 Å². The van der Waals surface area contributed by atoms with Gasteiger partial charge in [-0.3, -0.25) is 9.78 Å². The minimum Gasteiger partial charge on any atom is -0.497 e. The highest BCUT2D eigenvalue weighted by Crippen LogP contribution is 2.12. The summed E-state index contributed by atoms with van der Waals surface area (Å²) < 4.78 is 5.13. The molecule has 0 bridgehead atoms. The smallest absolute Gasteiger partial charge is 0.279 e. The fraction of sp³-hybridized carbons (Fsp3) is 0.167. The van der Waals surface area contributed by atoms with E-state index < -0.39 is 0 Å². The molecule has 0 unspecified atom stereocenters. The van der Waals surface area contributed by atoms with E-state index in [1.165, 1.54) is 5.56 Å². The third kappa shape index (κ3) is 3.78. The van der Waals surface area contributed by atoms with Crippen molar-refractivity contribution < 1.29 is 4.74 Å². The van der Waals surface area contributed by atoms with Crippen LogP contribution in [0.25, 0.3) is 11.3 Å². The third-order valence-electron chi connectivity index (χ3n) is 3.61. The van der Waals surface area contributed by atoms with Crippen LogP contribution in [0, 0.1) is 0 Å². The number of methoxy groups -OCH3 is 1. The van der Waals surface area contributed by atoms with Gasteiger partial charge in [0.1, 0.15) is 5.75 Å². The fourth-order valence-corrected chi connectivity index (χ4v) is 2.32. The first-order valence-electron chi connectivity index (χ1n) is 7.65. The SMILES string of the molecule is COc1ccc(CCNc2nnc(-c3ccccc3)c(=O)[nH]2)cc1. The van der Waals surface area contributed by atoms with Gasteiger partial charge in [0.2, 0.25) is 5.95 Å². The van der Waals surface area contributed by atoms with Crippen LogP contribution >= 0.6 is 0 Å². The van der Waals surface area contributed by atoms with Crippen LogP contribution in [-0.4, -0.2) is 28.8 Å². The van der Waals surface area contributed by atoms with Crippen LogP contribution in [0.5, 0.6) is 5.75 Å². The minimum absolute atomic E-state index is 0.261. The van der Waals surface area contributed by atoms with E-state index in [9.17, 15) is 4.79 Å². The van der Waals surface area contributed by atoms with Crippen LogP contribution < -0.4 is 15.6 Å². The van der Waals surface area contributed by atoms with Crippen molar-refractivity contribution in [1.82, 2.24) is 15.2 Å². The molecule has 0 amide bonds. The van der Waals surface area contributed by atoms with Crippen LogP contribution in [0.3, 0.4) is 0 Å². The maximum atomic E-state index is 12.1. The maximum Gasteiger partial charge on any atom is 0.279 e. The van der Waals surface area contributed by atoms with Crippen molar-refractivity contribution in [1.29, 1.82) is 0 Å². The van der Waals surface area contributed by atoms with Gasteiger partial charge in [0.05, 0.1) is 7.11 Å². The number of aromatic nitrogens is 3. The van der Waals surface area contributed by atoms with Crippen molar-refractivity contribution in [3.63, 3.8) is 0 Å². The normalized spacial score (nSPS) is 10.4. The highest BCUT2D eigenvalue weighted by atomic mass is 16.5. The Bertz CT molecular complexity index is 845.